The number of carbonyl (C=O) groups is 2. The second-order valence-corrected chi connectivity index (χ2v) is 11.6. The molecule has 0 bridgehead atoms. The number of anilines is 1. The molecule has 3 heterocycles. The van der Waals surface area contributed by atoms with Gasteiger partial charge in [-0.1, -0.05) is 0 Å². The molecule has 0 aromatic heterocycles. The van der Waals surface area contributed by atoms with Crippen LogP contribution in [-0.4, -0.2) is 69.3 Å². The van der Waals surface area contributed by atoms with Crippen LogP contribution in [0.5, 0.6) is 5.75 Å². The van der Waals surface area contributed by atoms with Gasteiger partial charge in [-0.3, -0.25) is 0 Å². The fraction of sp³-hybridized carbons (Fsp3) is 0.550. The normalized spacial score (nSPS) is 26.2. The number of carbonyl (C=O) groups excluding carboxylic acids is 2. The van der Waals surface area contributed by atoms with E-state index in [0.717, 1.165) is 18.0 Å². The van der Waals surface area contributed by atoms with Crippen molar-refractivity contribution in [2.75, 3.05) is 18.1 Å². The number of amides is 2. The molecule has 0 aliphatic carbocycles. The first-order chi connectivity index (χ1) is 13.6. The maximum absolute atomic E-state index is 12.3. The van der Waals surface area contributed by atoms with E-state index in [0.29, 0.717) is 17.1 Å². The maximum atomic E-state index is 12.3. The fourth-order valence-electron chi connectivity index (χ4n) is 3.59. The molecule has 3 atom stereocenters. The molecule has 155 valence electrons. The fourth-order valence-corrected chi connectivity index (χ4v) is 6.47. The number of nitrogens with one attached hydrogen (secondary N) is 1. The summed E-state index contributed by atoms with van der Waals surface area (Å²) < 4.78 is 13.0. The number of hydrogen-bond donors (Lipinski definition) is 1. The summed E-state index contributed by atoms with van der Waals surface area (Å²) in [5.41, 5.74) is 2.96. The van der Waals surface area contributed by atoms with Gasteiger partial charge in [0.1, 0.15) is 0 Å². The van der Waals surface area contributed by atoms with Gasteiger partial charge in [0, 0.05) is 0 Å². The molecule has 8 nitrogen and oxygen atoms in total. The molecule has 4 rings (SSSR count). The van der Waals surface area contributed by atoms with Gasteiger partial charge in [0.25, 0.3) is 0 Å². The summed E-state index contributed by atoms with van der Waals surface area (Å²) in [5, 5.41) is 4.14. The summed E-state index contributed by atoms with van der Waals surface area (Å²) in [7, 11) is 0. The second kappa shape index (κ2) is 7.24. The Kier molecular flexibility index (Phi) is 5.01. The van der Waals surface area contributed by atoms with E-state index in [1.807, 2.05) is 38.7 Å². The number of amidine groups is 1. The van der Waals surface area contributed by atoms with Gasteiger partial charge in [0.05, 0.1) is 0 Å². The minimum absolute atomic E-state index is 0.124. The van der Waals surface area contributed by atoms with E-state index in [-0.39, 0.29) is 39.8 Å². The Balaban J connectivity index is 1.47. The Morgan fingerprint density at radius 1 is 1.34 bits per heavy atom. The van der Waals surface area contributed by atoms with Gasteiger partial charge in [-0.15, -0.1) is 0 Å². The number of likely N-dealkylation sites (tertiary alicyclic amines) is 1. The number of fused-ring (bicyclic) bond motifs is 3. The summed E-state index contributed by atoms with van der Waals surface area (Å²) in [4.78, 5) is 28.1. The minimum atomic E-state index is -0.481. The van der Waals surface area contributed by atoms with Crippen molar-refractivity contribution in [3.8, 4) is 5.75 Å². The van der Waals surface area contributed by atoms with Crippen LogP contribution in [0.1, 0.15) is 34.6 Å². The number of ether oxygens (including phenoxy) is 2. The molecular weight excluding hydrogens is 435 g/mol. The first kappa shape index (κ1) is 20.1. The SMILES string of the molecule is CC1C([As]c2ccc3c(c2)N2C(=NNC(=O)[C@H]2C)CO3)CN1C(=O)OC(C)(C)C. The van der Waals surface area contributed by atoms with E-state index in [1.165, 1.54) is 4.35 Å². The van der Waals surface area contributed by atoms with Gasteiger partial charge in [0.15, 0.2) is 0 Å². The van der Waals surface area contributed by atoms with Crippen LogP contribution in [-0.2, 0) is 9.53 Å². The average Bonchev–Trinajstić information content (AvgIpc) is 2.65. The van der Waals surface area contributed by atoms with E-state index in [4.69, 9.17) is 9.47 Å². The molecule has 2 amide bonds. The Labute approximate surface area is 177 Å². The van der Waals surface area contributed by atoms with Gasteiger partial charge in [-0.05, 0) is 0 Å². The Morgan fingerprint density at radius 3 is 2.79 bits per heavy atom. The summed E-state index contributed by atoms with van der Waals surface area (Å²) in [5.74, 6) is 1.36. The van der Waals surface area contributed by atoms with E-state index in [9.17, 15) is 9.59 Å². The molecule has 9 heteroatoms. The van der Waals surface area contributed by atoms with Crippen LogP contribution >= 0.6 is 0 Å². The molecule has 1 fully saturated rings. The molecule has 1 aromatic rings. The van der Waals surface area contributed by atoms with E-state index < -0.39 is 5.60 Å². The quantitative estimate of drug-likeness (QED) is 0.675. The number of nitrogens with zero attached hydrogens (tertiary/aromatic N) is 3. The number of hydrazone groups is 1. The number of rotatable bonds is 2. The molecule has 1 aromatic carbocycles. The summed E-state index contributed by atoms with van der Waals surface area (Å²) in [6.07, 6.45) is -0.240. The van der Waals surface area contributed by atoms with Crippen molar-refractivity contribution in [3.63, 3.8) is 0 Å². The van der Waals surface area contributed by atoms with Gasteiger partial charge in [-0.25, -0.2) is 0 Å². The van der Waals surface area contributed by atoms with E-state index in [2.05, 4.69) is 29.6 Å². The predicted octanol–water partition coefficient (Wildman–Crippen LogP) is 1.47. The van der Waals surface area contributed by atoms with Crippen molar-refractivity contribution in [2.24, 2.45) is 5.10 Å². The van der Waals surface area contributed by atoms with Crippen molar-refractivity contribution < 1.29 is 19.1 Å². The third kappa shape index (κ3) is 3.82. The van der Waals surface area contributed by atoms with Crippen LogP contribution < -0.4 is 19.4 Å². The molecule has 2 unspecified atom stereocenters. The molecular formula is C20H26AsN4O4. The standard InChI is InChI=1S/C20H26AsN4O4/c1-11-14(9-24(11)19(27)29-20(3,4)5)21-13-6-7-16-15(8-13)25-12(2)18(26)23-22-17(25)10-28-16/h6-8,11-12,14H,9-10H2,1-5H3,(H,23,26)/t11?,12-,14?/m1/s1. The summed E-state index contributed by atoms with van der Waals surface area (Å²) >= 11 is -0.146. The van der Waals surface area contributed by atoms with Crippen molar-refractivity contribution in [3.05, 3.63) is 18.2 Å². The number of hydrogen-bond acceptors (Lipinski definition) is 6. The molecule has 1 saturated heterocycles. The average molecular weight is 461 g/mol. The topological polar surface area (TPSA) is 83.5 Å². The Hall–Kier alpha value is -2.21. The summed E-state index contributed by atoms with van der Waals surface area (Å²) in [6, 6.07) is 6.02. The predicted molar refractivity (Wildman–Crippen MR) is 111 cm³/mol. The second-order valence-electron chi connectivity index (χ2n) is 8.56. The molecule has 1 radical (unpaired) electrons. The number of benzene rings is 1. The third-order valence-corrected chi connectivity index (χ3v) is 8.43. The van der Waals surface area contributed by atoms with Crippen LogP contribution in [0.4, 0.5) is 10.5 Å². The Morgan fingerprint density at radius 2 is 2.10 bits per heavy atom. The summed E-state index contributed by atoms with van der Waals surface area (Å²) in [6.45, 7) is 10.7. The zero-order valence-electron chi connectivity index (χ0n) is 17.3. The van der Waals surface area contributed by atoms with Crippen LogP contribution in [0, 0.1) is 0 Å². The first-order valence-corrected chi connectivity index (χ1v) is 11.8. The van der Waals surface area contributed by atoms with E-state index in [1.54, 1.807) is 4.90 Å². The van der Waals surface area contributed by atoms with Crippen molar-refractivity contribution in [2.45, 2.75) is 57.0 Å². The molecule has 3 aliphatic heterocycles. The van der Waals surface area contributed by atoms with Crippen LogP contribution in [0.15, 0.2) is 23.3 Å². The zero-order chi connectivity index (χ0) is 20.9. The van der Waals surface area contributed by atoms with Crippen molar-refractivity contribution in [1.82, 2.24) is 10.3 Å². The van der Waals surface area contributed by atoms with Gasteiger partial charge in [-0.2, -0.15) is 0 Å². The molecule has 3 aliphatic rings. The molecule has 29 heavy (non-hydrogen) atoms. The first-order valence-electron chi connectivity index (χ1n) is 9.77. The van der Waals surface area contributed by atoms with Crippen molar-refractivity contribution in [1.29, 1.82) is 0 Å². The van der Waals surface area contributed by atoms with Gasteiger partial charge < -0.3 is 0 Å². The van der Waals surface area contributed by atoms with Gasteiger partial charge >= 0.3 is 177 Å². The van der Waals surface area contributed by atoms with Crippen molar-refractivity contribution >= 4 is 43.6 Å². The van der Waals surface area contributed by atoms with Crippen LogP contribution in [0.25, 0.3) is 0 Å². The monoisotopic (exact) mass is 461 g/mol. The van der Waals surface area contributed by atoms with E-state index >= 15 is 0 Å². The molecule has 0 spiro atoms. The molecule has 1 N–H and O–H groups in total. The third-order valence-electron chi connectivity index (χ3n) is 5.27. The Bertz CT molecular complexity index is 882. The van der Waals surface area contributed by atoms with Crippen LogP contribution in [0.3, 0.4) is 0 Å². The zero-order valence-corrected chi connectivity index (χ0v) is 19.2. The van der Waals surface area contributed by atoms with Gasteiger partial charge in [0.2, 0.25) is 0 Å². The molecule has 0 saturated carbocycles. The van der Waals surface area contributed by atoms with Crippen LogP contribution in [0.2, 0.25) is 4.71 Å².